The van der Waals surface area contributed by atoms with Gasteiger partial charge in [-0.25, -0.2) is 33.2 Å². The first-order chi connectivity index (χ1) is 23.5. The van der Waals surface area contributed by atoms with Gasteiger partial charge in [0.2, 0.25) is 0 Å². The summed E-state index contributed by atoms with van der Waals surface area (Å²) >= 11 is 5.93. The molecule has 0 aliphatic carbocycles. The van der Waals surface area contributed by atoms with Crippen molar-refractivity contribution in [2.24, 2.45) is 11.7 Å². The van der Waals surface area contributed by atoms with Gasteiger partial charge in [0.15, 0.2) is 12.3 Å². The van der Waals surface area contributed by atoms with Gasteiger partial charge in [-0.15, -0.1) is 0 Å². The zero-order valence-electron chi connectivity index (χ0n) is 28.2. The number of ether oxygens (including phenoxy) is 2. The number of hydrogen-bond donors (Lipinski definition) is 1. The van der Waals surface area contributed by atoms with Gasteiger partial charge in [-0.1, -0.05) is 31.5 Å². The van der Waals surface area contributed by atoms with Crippen molar-refractivity contribution in [3.63, 3.8) is 0 Å². The monoisotopic (exact) mass is 710 g/mol. The predicted molar refractivity (Wildman–Crippen MR) is 180 cm³/mol. The van der Waals surface area contributed by atoms with Crippen molar-refractivity contribution < 1.29 is 32.6 Å². The molecule has 1 fully saturated rings. The first kappa shape index (κ1) is 34.9. The number of nitrogens with zero attached hydrogens (tertiary/aromatic N) is 7. The molecule has 2 aliphatic rings. The van der Waals surface area contributed by atoms with E-state index in [0.29, 0.717) is 50.9 Å². The second kappa shape index (κ2) is 13.1. The minimum atomic E-state index is -3.39. The van der Waals surface area contributed by atoms with Gasteiger partial charge in [-0.3, -0.25) is 14.5 Å². The lowest BCUT2D eigenvalue weighted by Crippen LogP contribution is -2.52. The average Bonchev–Trinajstić information content (AvgIpc) is 3.43. The van der Waals surface area contributed by atoms with Crippen molar-refractivity contribution >= 4 is 46.2 Å². The van der Waals surface area contributed by atoms with Gasteiger partial charge in [0, 0.05) is 29.9 Å². The molecular weight excluding hydrogens is 674 g/mol. The van der Waals surface area contributed by atoms with E-state index in [2.05, 4.69) is 15.1 Å². The van der Waals surface area contributed by atoms with Crippen LogP contribution in [0.3, 0.4) is 0 Å². The summed E-state index contributed by atoms with van der Waals surface area (Å²) in [5.74, 6) is -3.71. The zero-order chi connectivity index (χ0) is 36.1. The molecule has 1 unspecified atom stereocenters. The van der Waals surface area contributed by atoms with Crippen LogP contribution in [0.5, 0.6) is 5.75 Å². The second-order valence-electron chi connectivity index (χ2n) is 13.8. The molecule has 0 bridgehead atoms. The Hall–Kier alpha value is -4.92. The van der Waals surface area contributed by atoms with E-state index in [-0.39, 0.29) is 49.2 Å². The quantitative estimate of drug-likeness (QED) is 0.258. The third kappa shape index (κ3) is 6.91. The molecule has 4 aromatic rings. The fourth-order valence-electron chi connectivity index (χ4n) is 6.24. The molecule has 3 aromatic heterocycles. The van der Waals surface area contributed by atoms with E-state index in [4.69, 9.17) is 31.8 Å². The molecular formula is C34H37ClF2N8O5. The summed E-state index contributed by atoms with van der Waals surface area (Å²) < 4.78 is 44.2. The summed E-state index contributed by atoms with van der Waals surface area (Å²) in [5, 5.41) is 5.08. The predicted octanol–water partition coefficient (Wildman–Crippen LogP) is 5.58. The number of rotatable bonds is 7. The molecule has 1 saturated heterocycles. The molecule has 16 heteroatoms. The molecule has 3 amide bonds. The number of anilines is 1. The Kier molecular flexibility index (Phi) is 9.14. The van der Waals surface area contributed by atoms with E-state index in [1.165, 1.54) is 28.2 Å². The number of carbonyl (C=O) groups excluding carboxylic acids is 3. The van der Waals surface area contributed by atoms with Crippen molar-refractivity contribution in [2.45, 2.75) is 71.6 Å². The number of fused-ring (bicyclic) bond motifs is 2. The van der Waals surface area contributed by atoms with E-state index in [9.17, 15) is 14.4 Å². The van der Waals surface area contributed by atoms with Crippen LogP contribution in [0.25, 0.3) is 22.2 Å². The number of benzene rings is 1. The molecule has 0 spiro atoms. The number of aromatic nitrogens is 5. The van der Waals surface area contributed by atoms with Gasteiger partial charge >= 0.3 is 6.09 Å². The molecule has 2 N–H and O–H groups in total. The number of nitrogens with two attached hydrogens (primary N) is 1. The van der Waals surface area contributed by atoms with Crippen LogP contribution in [0.4, 0.5) is 19.3 Å². The highest BCUT2D eigenvalue weighted by Crippen LogP contribution is 2.43. The second-order valence-corrected chi connectivity index (χ2v) is 14.3. The van der Waals surface area contributed by atoms with Crippen molar-refractivity contribution in [1.29, 1.82) is 0 Å². The summed E-state index contributed by atoms with van der Waals surface area (Å²) in [7, 11) is 0. The minimum Gasteiger partial charge on any atom is -0.482 e. The molecule has 50 heavy (non-hydrogen) atoms. The maximum Gasteiger partial charge on any atom is 0.410 e. The number of likely N-dealkylation sites (tertiary alicyclic amines) is 1. The number of alkyl halides is 2. The van der Waals surface area contributed by atoms with Gasteiger partial charge < -0.3 is 20.1 Å². The number of pyridine rings is 1. The highest BCUT2D eigenvalue weighted by atomic mass is 35.5. The van der Waals surface area contributed by atoms with Gasteiger partial charge in [0.1, 0.15) is 23.2 Å². The van der Waals surface area contributed by atoms with Crippen molar-refractivity contribution in [2.75, 3.05) is 24.6 Å². The van der Waals surface area contributed by atoms with Crippen LogP contribution in [0.15, 0.2) is 36.8 Å². The average molecular weight is 711 g/mol. The van der Waals surface area contributed by atoms with Crippen molar-refractivity contribution in [3.05, 3.63) is 58.9 Å². The van der Waals surface area contributed by atoms with E-state index in [1.54, 1.807) is 39.0 Å². The molecule has 0 saturated carbocycles. The Labute approximate surface area is 291 Å². The van der Waals surface area contributed by atoms with Gasteiger partial charge in [-0.2, -0.15) is 5.10 Å². The molecule has 13 nitrogen and oxygen atoms in total. The fourth-order valence-corrected chi connectivity index (χ4v) is 6.34. The largest absolute Gasteiger partial charge is 0.482 e. The minimum absolute atomic E-state index is 0.0139. The first-order valence-corrected chi connectivity index (χ1v) is 16.5. The van der Waals surface area contributed by atoms with Crippen molar-refractivity contribution in [1.82, 2.24) is 29.6 Å². The van der Waals surface area contributed by atoms with Crippen molar-refractivity contribution in [3.8, 4) is 16.9 Å². The maximum atomic E-state index is 15.9. The number of hydrogen-bond acceptors (Lipinski definition) is 9. The summed E-state index contributed by atoms with van der Waals surface area (Å²) in [5.41, 5.74) is 7.05. The topological polar surface area (TPSA) is 159 Å². The van der Waals surface area contributed by atoms with Crippen LogP contribution < -0.4 is 15.4 Å². The third-order valence-corrected chi connectivity index (χ3v) is 8.53. The third-order valence-electron chi connectivity index (χ3n) is 8.34. The Morgan fingerprint density at radius 3 is 2.54 bits per heavy atom. The van der Waals surface area contributed by atoms with Crippen LogP contribution in [0.2, 0.25) is 5.02 Å². The Balaban J connectivity index is 1.44. The molecule has 1 aromatic carbocycles. The standard InChI is InChI=1S/C34H37ClF2N8O5/c1-18(2)10-22-29(30(38)47)28(19-6-7-23-24(11-19)49-16-27(46)44(23)15-26-39-12-20(35)13-40-26)21-14-41-45(31(21)42-22)25-8-9-43(17-34(25,36)37)32(48)50-33(3,4)5/h6-7,11-14,18,25H,8-10,15-17H2,1-5H3,(H2,38,47). The highest BCUT2D eigenvalue weighted by molar-refractivity contribution is 6.30. The number of primary amides is 1. The van der Waals surface area contributed by atoms with Gasteiger partial charge in [-0.05, 0) is 57.2 Å². The Morgan fingerprint density at radius 1 is 1.18 bits per heavy atom. The first-order valence-electron chi connectivity index (χ1n) is 16.1. The molecule has 264 valence electrons. The summed E-state index contributed by atoms with van der Waals surface area (Å²) in [6.07, 6.45) is 3.66. The molecule has 5 heterocycles. The normalized spacial score (nSPS) is 17.5. The Morgan fingerprint density at radius 2 is 1.90 bits per heavy atom. The summed E-state index contributed by atoms with van der Waals surface area (Å²) in [6.45, 7) is 7.85. The summed E-state index contributed by atoms with van der Waals surface area (Å²) in [4.78, 5) is 54.3. The van der Waals surface area contributed by atoms with Crippen LogP contribution in [0, 0.1) is 5.92 Å². The van der Waals surface area contributed by atoms with E-state index in [0.717, 1.165) is 4.90 Å². The van der Waals surface area contributed by atoms with Gasteiger partial charge in [0.05, 0.1) is 41.3 Å². The molecule has 1 atom stereocenters. The zero-order valence-corrected chi connectivity index (χ0v) is 29.0. The Bertz CT molecular complexity index is 1980. The highest BCUT2D eigenvalue weighted by Gasteiger charge is 2.49. The lowest BCUT2D eigenvalue weighted by Gasteiger charge is -2.38. The number of halogens is 3. The lowest BCUT2D eigenvalue weighted by molar-refractivity contribution is -0.121. The van der Waals surface area contributed by atoms with Crippen LogP contribution in [0.1, 0.15) is 69.0 Å². The van der Waals surface area contributed by atoms with Crippen LogP contribution in [-0.4, -0.2) is 78.8 Å². The van der Waals surface area contributed by atoms with Gasteiger partial charge in [0.25, 0.3) is 17.7 Å². The maximum absolute atomic E-state index is 15.9. The SMILES string of the molecule is CC(C)Cc1nc2c(cnn2C2CCN(C(=O)OC(C)(C)C)CC2(F)F)c(-c2ccc3c(c2)OCC(=O)N3Cc2ncc(Cl)cn2)c1C(N)=O. The van der Waals surface area contributed by atoms with Crippen LogP contribution >= 0.6 is 11.6 Å². The molecule has 0 radical (unpaired) electrons. The fraction of sp³-hybridized carbons (Fsp3) is 0.441. The molecule has 2 aliphatic heterocycles. The number of amides is 3. The smallest absolute Gasteiger partial charge is 0.410 e. The van der Waals surface area contributed by atoms with E-state index in [1.807, 2.05) is 13.8 Å². The van der Waals surface area contributed by atoms with Crippen LogP contribution in [-0.2, 0) is 22.5 Å². The van der Waals surface area contributed by atoms with E-state index >= 15 is 8.78 Å². The van der Waals surface area contributed by atoms with E-state index < -0.39 is 36.1 Å². The lowest BCUT2D eigenvalue weighted by atomic mass is 9.92. The summed E-state index contributed by atoms with van der Waals surface area (Å²) in [6, 6.07) is 3.60. The molecule has 6 rings (SSSR count). The number of piperidine rings is 1. The number of carbonyl (C=O) groups is 3.